The van der Waals surface area contributed by atoms with Gasteiger partial charge in [0.2, 0.25) is 0 Å². The maximum Gasteiger partial charge on any atom is 0.277 e. The molecule has 6 heteroatoms. The van der Waals surface area contributed by atoms with Crippen molar-refractivity contribution >= 4 is 17.5 Å². The van der Waals surface area contributed by atoms with Crippen LogP contribution in [0.4, 0.5) is 5.69 Å². The van der Waals surface area contributed by atoms with Gasteiger partial charge in [0.1, 0.15) is 0 Å². The molecule has 6 nitrogen and oxygen atoms in total. The van der Waals surface area contributed by atoms with Gasteiger partial charge >= 0.3 is 0 Å². The molecule has 0 atom stereocenters. The first-order chi connectivity index (χ1) is 14.2. The molecule has 0 spiro atoms. The Bertz CT molecular complexity index is 811. The van der Waals surface area contributed by atoms with Gasteiger partial charge in [-0.3, -0.25) is 9.59 Å². The quantitative estimate of drug-likeness (QED) is 0.817. The van der Waals surface area contributed by atoms with Crippen LogP contribution in [-0.4, -0.2) is 80.5 Å². The van der Waals surface area contributed by atoms with E-state index >= 15 is 0 Å². The molecule has 2 saturated heterocycles. The molecule has 0 saturated carbocycles. The van der Waals surface area contributed by atoms with Crippen LogP contribution >= 0.6 is 0 Å². The van der Waals surface area contributed by atoms with Crippen molar-refractivity contribution in [3.63, 3.8) is 0 Å². The average Bonchev–Trinajstić information content (AvgIpc) is 2.80. The lowest BCUT2D eigenvalue weighted by Crippen LogP contribution is -3.15. The van der Waals surface area contributed by atoms with E-state index in [1.165, 1.54) is 10.6 Å². The van der Waals surface area contributed by atoms with Crippen molar-refractivity contribution in [2.45, 2.75) is 0 Å². The van der Waals surface area contributed by atoms with Crippen LogP contribution in [0.25, 0.3) is 0 Å². The molecule has 0 aliphatic carbocycles. The molecule has 2 aliphatic rings. The van der Waals surface area contributed by atoms with Gasteiger partial charge in [-0.15, -0.1) is 0 Å². The number of anilines is 1. The predicted molar refractivity (Wildman–Crippen MR) is 113 cm³/mol. The molecule has 4 rings (SSSR count). The highest BCUT2D eigenvalue weighted by Gasteiger charge is 2.28. The molecule has 1 N–H and O–H groups in total. The molecule has 0 unspecified atom stereocenters. The van der Waals surface area contributed by atoms with Crippen LogP contribution < -0.4 is 9.80 Å². The van der Waals surface area contributed by atoms with E-state index in [2.05, 4.69) is 29.2 Å². The Morgan fingerprint density at radius 3 is 1.93 bits per heavy atom. The van der Waals surface area contributed by atoms with Crippen molar-refractivity contribution in [2.24, 2.45) is 0 Å². The zero-order valence-electron chi connectivity index (χ0n) is 16.8. The van der Waals surface area contributed by atoms with Gasteiger partial charge in [-0.05, 0) is 24.3 Å². The normalized spacial score (nSPS) is 18.0. The van der Waals surface area contributed by atoms with E-state index in [1.54, 1.807) is 0 Å². The lowest BCUT2D eigenvalue weighted by atomic mass is 10.2. The first-order valence-electron chi connectivity index (χ1n) is 10.5. The van der Waals surface area contributed by atoms with Gasteiger partial charge in [-0.25, -0.2) is 0 Å². The number of hydrogen-bond donors (Lipinski definition) is 1. The van der Waals surface area contributed by atoms with Gasteiger partial charge in [-0.2, -0.15) is 0 Å². The van der Waals surface area contributed by atoms with Crippen LogP contribution in [0.5, 0.6) is 0 Å². The first kappa shape index (κ1) is 19.5. The summed E-state index contributed by atoms with van der Waals surface area (Å²) in [5.41, 5.74) is 1.97. The number of carbonyl (C=O) groups excluding carboxylic acids is 2. The maximum absolute atomic E-state index is 12.8. The summed E-state index contributed by atoms with van der Waals surface area (Å²) in [5.74, 6) is 0.323. The molecule has 0 aromatic heterocycles. The largest absolute Gasteiger partial charge is 0.368 e. The Hall–Kier alpha value is -2.86. The summed E-state index contributed by atoms with van der Waals surface area (Å²) in [4.78, 5) is 32.8. The van der Waals surface area contributed by atoms with Crippen LogP contribution in [0.1, 0.15) is 10.4 Å². The molecule has 0 radical (unpaired) electrons. The number of nitrogens with zero attached hydrogens (tertiary/aromatic N) is 3. The van der Waals surface area contributed by atoms with Crippen LogP contribution in [0.15, 0.2) is 60.7 Å². The third-order valence-electron chi connectivity index (χ3n) is 5.93. The van der Waals surface area contributed by atoms with E-state index in [4.69, 9.17) is 0 Å². The van der Waals surface area contributed by atoms with Gasteiger partial charge in [0.25, 0.3) is 11.8 Å². The van der Waals surface area contributed by atoms with Crippen molar-refractivity contribution in [3.05, 3.63) is 66.2 Å². The van der Waals surface area contributed by atoms with Gasteiger partial charge in [0.15, 0.2) is 6.54 Å². The highest BCUT2D eigenvalue weighted by Crippen LogP contribution is 2.15. The summed E-state index contributed by atoms with van der Waals surface area (Å²) in [6.45, 7) is 6.91. The highest BCUT2D eigenvalue weighted by atomic mass is 16.2. The summed E-state index contributed by atoms with van der Waals surface area (Å²) in [5, 5.41) is 0. The average molecular weight is 394 g/mol. The fourth-order valence-corrected chi connectivity index (χ4v) is 4.14. The molecule has 152 valence electrons. The summed E-state index contributed by atoms with van der Waals surface area (Å²) >= 11 is 0. The van der Waals surface area contributed by atoms with Crippen LogP contribution in [0, 0.1) is 0 Å². The number of benzene rings is 2. The van der Waals surface area contributed by atoms with Crippen molar-refractivity contribution < 1.29 is 14.5 Å². The Morgan fingerprint density at radius 1 is 0.724 bits per heavy atom. The lowest BCUT2D eigenvalue weighted by Gasteiger charge is -2.37. The molecule has 2 amide bonds. The van der Waals surface area contributed by atoms with E-state index in [0.717, 1.165) is 44.8 Å². The number of amides is 2. The second kappa shape index (κ2) is 9.09. The summed E-state index contributed by atoms with van der Waals surface area (Å²) < 4.78 is 0. The van der Waals surface area contributed by atoms with E-state index in [-0.39, 0.29) is 11.8 Å². The van der Waals surface area contributed by atoms with Crippen molar-refractivity contribution in [2.75, 3.05) is 63.8 Å². The number of rotatable bonds is 4. The number of nitrogens with one attached hydrogen (secondary N) is 1. The van der Waals surface area contributed by atoms with Crippen molar-refractivity contribution in [1.82, 2.24) is 9.80 Å². The zero-order chi connectivity index (χ0) is 20.1. The number of carbonyl (C=O) groups is 2. The molecule has 2 aliphatic heterocycles. The smallest absolute Gasteiger partial charge is 0.277 e. The Kier molecular flexibility index (Phi) is 6.10. The highest BCUT2D eigenvalue weighted by molar-refractivity contribution is 5.94. The molecule has 2 fully saturated rings. The number of hydrogen-bond acceptors (Lipinski definition) is 3. The van der Waals surface area contributed by atoms with Crippen LogP contribution in [0.3, 0.4) is 0 Å². The second-order valence-corrected chi connectivity index (χ2v) is 7.79. The van der Waals surface area contributed by atoms with Crippen molar-refractivity contribution in [3.8, 4) is 0 Å². The third-order valence-corrected chi connectivity index (χ3v) is 5.93. The molecular formula is C23H29N4O2+. The molecule has 29 heavy (non-hydrogen) atoms. The van der Waals surface area contributed by atoms with E-state index in [1.807, 2.05) is 46.2 Å². The molecular weight excluding hydrogens is 364 g/mol. The maximum atomic E-state index is 12.8. The number of para-hydroxylation sites is 1. The van der Waals surface area contributed by atoms with Crippen molar-refractivity contribution in [1.29, 1.82) is 0 Å². The second-order valence-electron chi connectivity index (χ2n) is 7.79. The number of quaternary nitrogens is 1. The van der Waals surface area contributed by atoms with Crippen LogP contribution in [-0.2, 0) is 4.79 Å². The SMILES string of the molecule is O=C(C[NH+]1CCN(C(=O)c2ccccc2)CC1)N1CCN(c2ccccc2)CC1. The Labute approximate surface area is 172 Å². The van der Waals surface area contributed by atoms with Gasteiger partial charge in [0, 0.05) is 37.4 Å². The fraction of sp³-hybridized carbons (Fsp3) is 0.391. The van der Waals surface area contributed by atoms with Gasteiger partial charge in [0.05, 0.1) is 26.2 Å². The third kappa shape index (κ3) is 4.77. The topological polar surface area (TPSA) is 48.3 Å². The van der Waals surface area contributed by atoms with E-state index in [0.29, 0.717) is 19.6 Å². The van der Waals surface area contributed by atoms with Gasteiger partial charge < -0.3 is 19.6 Å². The fourth-order valence-electron chi connectivity index (χ4n) is 4.14. The molecule has 2 aromatic rings. The summed E-state index contributed by atoms with van der Waals surface area (Å²) in [6, 6.07) is 19.8. The van der Waals surface area contributed by atoms with E-state index in [9.17, 15) is 9.59 Å². The monoisotopic (exact) mass is 393 g/mol. The van der Waals surface area contributed by atoms with E-state index < -0.39 is 0 Å². The summed E-state index contributed by atoms with van der Waals surface area (Å²) in [6.07, 6.45) is 0. The lowest BCUT2D eigenvalue weighted by molar-refractivity contribution is -0.896. The Balaban J connectivity index is 1.22. The molecule has 0 bridgehead atoms. The standard InChI is InChI=1S/C23H28N4O2/c28-22(26-17-15-25(16-18-26)21-9-5-2-6-10-21)19-24-11-13-27(14-12-24)23(29)20-7-3-1-4-8-20/h1-10H,11-19H2/p+1. The molecule has 2 aromatic carbocycles. The minimum absolute atomic E-state index is 0.0908. The zero-order valence-corrected chi connectivity index (χ0v) is 16.8. The minimum Gasteiger partial charge on any atom is -0.368 e. The first-order valence-corrected chi connectivity index (χ1v) is 10.5. The summed E-state index contributed by atoms with van der Waals surface area (Å²) in [7, 11) is 0. The minimum atomic E-state index is 0.0908. The predicted octanol–water partition coefficient (Wildman–Crippen LogP) is 0.376. The van der Waals surface area contributed by atoms with Gasteiger partial charge in [-0.1, -0.05) is 36.4 Å². The Morgan fingerprint density at radius 2 is 1.31 bits per heavy atom. The molecule has 2 heterocycles. The number of piperazine rings is 2. The van der Waals surface area contributed by atoms with Crippen LogP contribution in [0.2, 0.25) is 0 Å².